The Labute approximate surface area is 164 Å². The van der Waals surface area contributed by atoms with Crippen molar-refractivity contribution in [3.8, 4) is 5.75 Å². The van der Waals surface area contributed by atoms with Crippen molar-refractivity contribution in [2.45, 2.75) is 58.3 Å². The predicted molar refractivity (Wildman–Crippen MR) is 111 cm³/mol. The second-order valence-corrected chi connectivity index (χ2v) is 6.91. The summed E-state index contributed by atoms with van der Waals surface area (Å²) in [6.07, 6.45) is 12.1. The SMILES string of the molecule is C=CCOCC(COc1ccc(CCCCCCCCC)cc1)C(=C)OO. The van der Waals surface area contributed by atoms with E-state index in [2.05, 4.69) is 37.1 Å². The van der Waals surface area contributed by atoms with Gasteiger partial charge in [-0.1, -0.05) is 70.2 Å². The molecule has 1 unspecified atom stereocenters. The van der Waals surface area contributed by atoms with E-state index in [1.807, 2.05) is 12.1 Å². The van der Waals surface area contributed by atoms with Gasteiger partial charge in [0.15, 0.2) is 0 Å². The number of ether oxygens (including phenoxy) is 2. The third kappa shape index (κ3) is 10.8. The Morgan fingerprint density at radius 3 is 2.33 bits per heavy atom. The zero-order valence-corrected chi connectivity index (χ0v) is 16.8. The maximum Gasteiger partial charge on any atom is 0.143 e. The van der Waals surface area contributed by atoms with Gasteiger partial charge in [-0.25, -0.2) is 5.26 Å². The van der Waals surface area contributed by atoms with Crippen LogP contribution in [-0.4, -0.2) is 25.1 Å². The number of hydrogen-bond donors (Lipinski definition) is 1. The van der Waals surface area contributed by atoms with Crippen molar-refractivity contribution in [2.24, 2.45) is 5.92 Å². The lowest BCUT2D eigenvalue weighted by molar-refractivity contribution is -0.214. The smallest absolute Gasteiger partial charge is 0.143 e. The van der Waals surface area contributed by atoms with Gasteiger partial charge in [0, 0.05) is 0 Å². The molecule has 1 atom stereocenters. The van der Waals surface area contributed by atoms with Gasteiger partial charge in [-0.15, -0.1) is 6.58 Å². The van der Waals surface area contributed by atoms with Crippen molar-refractivity contribution in [2.75, 3.05) is 19.8 Å². The van der Waals surface area contributed by atoms with Gasteiger partial charge in [-0.3, -0.25) is 0 Å². The first-order valence-corrected chi connectivity index (χ1v) is 10.1. The van der Waals surface area contributed by atoms with E-state index in [0.29, 0.717) is 19.8 Å². The lowest BCUT2D eigenvalue weighted by Gasteiger charge is -2.17. The van der Waals surface area contributed by atoms with Crippen LogP contribution in [0.4, 0.5) is 0 Å². The van der Waals surface area contributed by atoms with E-state index in [1.54, 1.807) is 6.08 Å². The monoisotopic (exact) mass is 376 g/mol. The summed E-state index contributed by atoms with van der Waals surface area (Å²) in [5.74, 6) is 0.773. The molecule has 0 saturated heterocycles. The van der Waals surface area contributed by atoms with Crippen LogP contribution in [0.15, 0.2) is 49.3 Å². The summed E-state index contributed by atoms with van der Waals surface area (Å²) in [7, 11) is 0. The molecule has 0 aliphatic heterocycles. The summed E-state index contributed by atoms with van der Waals surface area (Å²) in [6, 6.07) is 8.21. The maximum atomic E-state index is 8.83. The van der Waals surface area contributed by atoms with Crippen LogP contribution in [0.1, 0.15) is 57.4 Å². The largest absolute Gasteiger partial charge is 0.493 e. The van der Waals surface area contributed by atoms with E-state index >= 15 is 0 Å². The summed E-state index contributed by atoms with van der Waals surface area (Å²) >= 11 is 0. The zero-order chi connectivity index (χ0) is 19.7. The Morgan fingerprint density at radius 1 is 1.04 bits per heavy atom. The molecule has 0 fully saturated rings. The molecule has 27 heavy (non-hydrogen) atoms. The van der Waals surface area contributed by atoms with Crippen molar-refractivity contribution in [3.05, 3.63) is 54.8 Å². The van der Waals surface area contributed by atoms with Gasteiger partial charge in [-0.05, 0) is 30.5 Å². The van der Waals surface area contributed by atoms with Gasteiger partial charge >= 0.3 is 0 Å². The lowest BCUT2D eigenvalue weighted by Crippen LogP contribution is -2.21. The highest BCUT2D eigenvalue weighted by molar-refractivity contribution is 5.27. The first-order chi connectivity index (χ1) is 13.2. The minimum atomic E-state index is -0.248. The molecule has 0 heterocycles. The third-order valence-corrected chi connectivity index (χ3v) is 4.57. The van der Waals surface area contributed by atoms with Crippen LogP contribution < -0.4 is 4.74 Å². The standard InChI is InChI=1S/C23H36O4/c1-4-6-7-8-9-10-11-12-21-13-15-23(16-14-21)26-19-22(20(3)27-24)18-25-17-5-2/h5,13-16,22,24H,2-4,6-12,17-19H2,1H3. The average Bonchev–Trinajstić information content (AvgIpc) is 2.70. The fourth-order valence-electron chi connectivity index (χ4n) is 2.84. The number of unbranched alkanes of at least 4 members (excludes halogenated alkanes) is 6. The second-order valence-electron chi connectivity index (χ2n) is 6.91. The normalized spacial score (nSPS) is 11.8. The molecular formula is C23H36O4. The Morgan fingerprint density at radius 2 is 1.70 bits per heavy atom. The van der Waals surface area contributed by atoms with E-state index in [1.165, 1.54) is 50.5 Å². The Kier molecular flexibility index (Phi) is 13.2. The summed E-state index contributed by atoms with van der Waals surface area (Å²) in [5, 5.41) is 8.83. The summed E-state index contributed by atoms with van der Waals surface area (Å²) < 4.78 is 11.2. The van der Waals surface area contributed by atoms with Gasteiger partial charge in [0.25, 0.3) is 0 Å². The molecule has 0 aromatic heterocycles. The topological polar surface area (TPSA) is 47.9 Å². The molecule has 1 N–H and O–H groups in total. The molecule has 152 valence electrons. The fourth-order valence-corrected chi connectivity index (χ4v) is 2.84. The van der Waals surface area contributed by atoms with E-state index in [-0.39, 0.29) is 11.7 Å². The quantitative estimate of drug-likeness (QED) is 0.116. The van der Waals surface area contributed by atoms with E-state index in [0.717, 1.165) is 12.2 Å². The van der Waals surface area contributed by atoms with Crippen LogP contribution >= 0.6 is 0 Å². The van der Waals surface area contributed by atoms with Crippen LogP contribution in [0.2, 0.25) is 0 Å². The molecule has 1 aromatic rings. The van der Waals surface area contributed by atoms with Crippen LogP contribution in [0, 0.1) is 5.92 Å². The second kappa shape index (κ2) is 15.3. The molecule has 1 rings (SSSR count). The summed E-state index contributed by atoms with van der Waals surface area (Å²) in [6.45, 7) is 10.7. The van der Waals surface area contributed by atoms with Gasteiger partial charge in [-0.2, -0.15) is 0 Å². The average molecular weight is 377 g/mol. The van der Waals surface area contributed by atoms with Crippen molar-refractivity contribution < 1.29 is 19.6 Å². The molecule has 0 spiro atoms. The minimum absolute atomic E-state index is 0.231. The molecule has 0 amide bonds. The number of hydrogen-bond acceptors (Lipinski definition) is 4. The molecule has 0 saturated carbocycles. The van der Waals surface area contributed by atoms with Crippen LogP contribution in [-0.2, 0) is 16.0 Å². The molecule has 4 heteroatoms. The van der Waals surface area contributed by atoms with Crippen LogP contribution in [0.5, 0.6) is 5.75 Å². The van der Waals surface area contributed by atoms with Gasteiger partial charge < -0.3 is 14.4 Å². The highest BCUT2D eigenvalue weighted by atomic mass is 17.1. The van der Waals surface area contributed by atoms with E-state index in [4.69, 9.17) is 14.7 Å². The van der Waals surface area contributed by atoms with Crippen molar-refractivity contribution >= 4 is 0 Å². The summed E-state index contributed by atoms with van der Waals surface area (Å²) in [4.78, 5) is 4.26. The predicted octanol–water partition coefficient (Wildman–Crippen LogP) is 6.18. The van der Waals surface area contributed by atoms with Crippen LogP contribution in [0.25, 0.3) is 0 Å². The van der Waals surface area contributed by atoms with Crippen molar-refractivity contribution in [3.63, 3.8) is 0 Å². The van der Waals surface area contributed by atoms with Crippen molar-refractivity contribution in [1.82, 2.24) is 0 Å². The molecule has 4 nitrogen and oxygen atoms in total. The lowest BCUT2D eigenvalue weighted by atomic mass is 10.0. The van der Waals surface area contributed by atoms with Crippen molar-refractivity contribution in [1.29, 1.82) is 0 Å². The molecule has 0 aliphatic rings. The zero-order valence-electron chi connectivity index (χ0n) is 16.8. The number of rotatable bonds is 17. The first kappa shape index (κ1) is 23.3. The van der Waals surface area contributed by atoms with Gasteiger partial charge in [0.2, 0.25) is 0 Å². The first-order valence-electron chi connectivity index (χ1n) is 10.1. The van der Waals surface area contributed by atoms with Gasteiger partial charge in [0.05, 0.1) is 19.1 Å². The highest BCUT2D eigenvalue weighted by Gasteiger charge is 2.16. The highest BCUT2D eigenvalue weighted by Crippen LogP contribution is 2.18. The van der Waals surface area contributed by atoms with Crippen LogP contribution in [0.3, 0.4) is 0 Å². The molecule has 0 aliphatic carbocycles. The maximum absolute atomic E-state index is 8.83. The molecule has 0 bridgehead atoms. The third-order valence-electron chi connectivity index (χ3n) is 4.57. The van der Waals surface area contributed by atoms with E-state index in [9.17, 15) is 0 Å². The minimum Gasteiger partial charge on any atom is -0.493 e. The van der Waals surface area contributed by atoms with E-state index < -0.39 is 0 Å². The molecule has 0 radical (unpaired) electrons. The number of aryl methyl sites for hydroxylation is 1. The Bertz CT molecular complexity index is 510. The Balaban J connectivity index is 2.31. The molecule has 1 aromatic carbocycles. The molecular weight excluding hydrogens is 340 g/mol. The Hall–Kier alpha value is -1.78. The fraction of sp³-hybridized carbons (Fsp3) is 0.565. The number of benzene rings is 1. The summed E-state index contributed by atoms with van der Waals surface area (Å²) in [5.41, 5.74) is 1.34. The van der Waals surface area contributed by atoms with Gasteiger partial charge in [0.1, 0.15) is 18.1 Å².